The Kier molecular flexibility index (Phi) is 4.05. The summed E-state index contributed by atoms with van der Waals surface area (Å²) < 4.78 is 27.3. The molecule has 0 saturated carbocycles. The van der Waals surface area contributed by atoms with Gasteiger partial charge in [0.1, 0.15) is 0 Å². The maximum atomic E-state index is 12.1. The summed E-state index contributed by atoms with van der Waals surface area (Å²) in [5.41, 5.74) is 0.556. The summed E-state index contributed by atoms with van der Waals surface area (Å²) in [7, 11) is -3.82. The van der Waals surface area contributed by atoms with Crippen molar-refractivity contribution in [3.8, 4) is 0 Å². The van der Waals surface area contributed by atoms with E-state index < -0.39 is 14.9 Å². The van der Waals surface area contributed by atoms with Crippen molar-refractivity contribution in [2.24, 2.45) is 0 Å². The summed E-state index contributed by atoms with van der Waals surface area (Å²) in [6.07, 6.45) is 0. The lowest BCUT2D eigenvalue weighted by molar-refractivity contribution is 0.602. The van der Waals surface area contributed by atoms with Gasteiger partial charge in [0.05, 0.1) is 10.7 Å². The summed E-state index contributed by atoms with van der Waals surface area (Å²) in [6.45, 7) is 1.52. The van der Waals surface area contributed by atoms with Gasteiger partial charge < -0.3 is 4.98 Å². The maximum Gasteiger partial charge on any atom is 0.306 e. The summed E-state index contributed by atoms with van der Waals surface area (Å²) in [5.74, 6) is 0. The largest absolute Gasteiger partial charge is 0.315 e. The topological polar surface area (TPSA) is 79.0 Å². The molecule has 0 saturated heterocycles. The van der Waals surface area contributed by atoms with E-state index in [1.807, 2.05) is 0 Å². The molecular weight excluding hydrogens is 376 g/mol. The van der Waals surface area contributed by atoms with E-state index in [9.17, 15) is 13.2 Å². The highest BCUT2D eigenvalue weighted by Crippen LogP contribution is 2.28. The lowest BCUT2D eigenvalue weighted by Crippen LogP contribution is -2.13. The molecule has 2 N–H and O–H groups in total. The second kappa shape index (κ2) is 5.28. The third-order valence-electron chi connectivity index (χ3n) is 2.20. The molecule has 9 heteroatoms. The normalized spacial score (nSPS) is 11.5. The van der Waals surface area contributed by atoms with Gasteiger partial charge in [-0.3, -0.25) is 9.52 Å². The molecule has 0 aliphatic heterocycles. The van der Waals surface area contributed by atoms with Crippen molar-refractivity contribution in [2.45, 2.75) is 11.1 Å². The number of hydrogen-bond donors (Lipinski definition) is 2. The van der Waals surface area contributed by atoms with Crippen LogP contribution in [0.2, 0.25) is 5.02 Å². The monoisotopic (exact) mass is 382 g/mol. The second-order valence-corrected chi connectivity index (χ2v) is 7.84. The van der Waals surface area contributed by atoms with Crippen molar-refractivity contribution in [2.75, 3.05) is 4.72 Å². The molecule has 2 aromatic rings. The van der Waals surface area contributed by atoms with Gasteiger partial charge in [0.15, 0.2) is 4.21 Å². The molecule has 5 nitrogen and oxygen atoms in total. The number of sulfonamides is 1. The van der Waals surface area contributed by atoms with Crippen LogP contribution in [0, 0.1) is 6.92 Å². The van der Waals surface area contributed by atoms with Gasteiger partial charge in [0.25, 0.3) is 10.0 Å². The quantitative estimate of drug-likeness (QED) is 0.855. The van der Waals surface area contributed by atoms with Gasteiger partial charge in [-0.2, -0.15) is 0 Å². The van der Waals surface area contributed by atoms with E-state index in [1.165, 1.54) is 13.0 Å². The van der Waals surface area contributed by atoms with E-state index in [-0.39, 0.29) is 14.9 Å². The van der Waals surface area contributed by atoms with E-state index in [1.54, 1.807) is 12.1 Å². The van der Waals surface area contributed by atoms with Crippen molar-refractivity contribution in [1.29, 1.82) is 0 Å². The number of thiazole rings is 1. The van der Waals surface area contributed by atoms with Crippen molar-refractivity contribution in [3.63, 3.8) is 0 Å². The third-order valence-corrected chi connectivity index (χ3v) is 5.98. The van der Waals surface area contributed by atoms with Gasteiger partial charge in [-0.25, -0.2) is 8.42 Å². The van der Waals surface area contributed by atoms with E-state index in [0.29, 0.717) is 17.0 Å². The summed E-state index contributed by atoms with van der Waals surface area (Å²) in [4.78, 5) is 13.2. The van der Waals surface area contributed by atoms with Crippen molar-refractivity contribution >= 4 is 54.6 Å². The van der Waals surface area contributed by atoms with Crippen molar-refractivity contribution < 1.29 is 8.42 Å². The Labute approximate surface area is 126 Å². The highest BCUT2D eigenvalue weighted by Gasteiger charge is 2.21. The number of hydrogen-bond acceptors (Lipinski definition) is 4. The fraction of sp³-hybridized carbons (Fsp3) is 0.100. The summed E-state index contributed by atoms with van der Waals surface area (Å²) in [6, 6.07) is 4.77. The van der Waals surface area contributed by atoms with Crippen LogP contribution in [-0.4, -0.2) is 13.4 Å². The fourth-order valence-corrected chi connectivity index (χ4v) is 4.57. The van der Waals surface area contributed by atoms with Gasteiger partial charge >= 0.3 is 4.87 Å². The Bertz CT molecular complexity index is 782. The lowest BCUT2D eigenvalue weighted by atomic mass is 10.3. The summed E-state index contributed by atoms with van der Waals surface area (Å²) in [5, 5.41) is 0.262. The molecule has 1 heterocycles. The summed E-state index contributed by atoms with van der Waals surface area (Å²) >= 11 is 9.81. The Morgan fingerprint density at radius 3 is 2.63 bits per heavy atom. The van der Waals surface area contributed by atoms with Crippen LogP contribution in [0.1, 0.15) is 5.69 Å². The zero-order valence-electron chi connectivity index (χ0n) is 9.53. The zero-order valence-corrected chi connectivity index (χ0v) is 13.5. The lowest BCUT2D eigenvalue weighted by Gasteiger charge is -2.08. The first-order chi connectivity index (χ1) is 8.79. The fourth-order valence-electron chi connectivity index (χ4n) is 1.41. The number of nitrogens with one attached hydrogen (secondary N) is 2. The van der Waals surface area contributed by atoms with Crippen LogP contribution < -0.4 is 9.60 Å². The van der Waals surface area contributed by atoms with Gasteiger partial charge in [-0.05, 0) is 25.1 Å². The number of halogens is 2. The highest BCUT2D eigenvalue weighted by molar-refractivity contribution is 9.10. The third kappa shape index (κ3) is 3.19. The van der Waals surface area contributed by atoms with Crippen LogP contribution in [0.25, 0.3) is 0 Å². The second-order valence-electron chi connectivity index (χ2n) is 3.66. The Morgan fingerprint density at radius 1 is 1.42 bits per heavy atom. The minimum Gasteiger partial charge on any atom is -0.315 e. The van der Waals surface area contributed by atoms with Crippen LogP contribution in [-0.2, 0) is 10.0 Å². The number of benzene rings is 1. The number of anilines is 1. The first-order valence-electron chi connectivity index (χ1n) is 4.97. The average Bonchev–Trinajstić information content (AvgIpc) is 2.63. The number of H-pyrrole nitrogens is 1. The van der Waals surface area contributed by atoms with Crippen LogP contribution >= 0.6 is 38.9 Å². The molecule has 0 aliphatic carbocycles. The Morgan fingerprint density at radius 2 is 2.11 bits per heavy atom. The molecule has 0 bridgehead atoms. The molecule has 1 aromatic carbocycles. The molecule has 1 aromatic heterocycles. The molecule has 0 unspecified atom stereocenters. The molecule has 102 valence electrons. The standard InChI is InChI=1S/C10H8BrClN2O3S2/c1-5-9(18-10(15)13-5)19(16,17)14-8-3-2-6(11)4-7(8)12/h2-4,14H,1H3,(H,13,15). The molecular formula is C10H8BrClN2O3S2. The average molecular weight is 384 g/mol. The van der Waals surface area contributed by atoms with E-state index >= 15 is 0 Å². The maximum absolute atomic E-state index is 12.1. The van der Waals surface area contributed by atoms with Crippen LogP contribution in [0.3, 0.4) is 0 Å². The minimum atomic E-state index is -3.82. The first kappa shape index (κ1) is 14.6. The van der Waals surface area contributed by atoms with Crippen LogP contribution in [0.4, 0.5) is 5.69 Å². The van der Waals surface area contributed by atoms with E-state index in [0.717, 1.165) is 4.47 Å². The molecule has 0 amide bonds. The molecule has 2 rings (SSSR count). The number of rotatable bonds is 3. The number of aryl methyl sites for hydroxylation is 1. The highest BCUT2D eigenvalue weighted by atomic mass is 79.9. The Balaban J connectivity index is 2.42. The molecule has 0 aliphatic rings. The SMILES string of the molecule is Cc1[nH]c(=O)sc1S(=O)(=O)Nc1ccc(Br)cc1Cl. The minimum absolute atomic E-state index is 0.0449. The smallest absolute Gasteiger partial charge is 0.306 e. The zero-order chi connectivity index (χ0) is 14.2. The van der Waals surface area contributed by atoms with Gasteiger partial charge in [0, 0.05) is 10.2 Å². The van der Waals surface area contributed by atoms with Gasteiger partial charge in [-0.1, -0.05) is 38.9 Å². The molecule has 0 radical (unpaired) electrons. The van der Waals surface area contributed by atoms with E-state index in [4.69, 9.17) is 11.6 Å². The predicted molar refractivity (Wildman–Crippen MR) is 79.6 cm³/mol. The van der Waals surface area contributed by atoms with E-state index in [2.05, 4.69) is 25.6 Å². The first-order valence-corrected chi connectivity index (χ1v) is 8.44. The molecule has 0 spiro atoms. The molecule has 19 heavy (non-hydrogen) atoms. The molecule has 0 atom stereocenters. The molecule has 0 fully saturated rings. The number of aromatic nitrogens is 1. The predicted octanol–water partition coefficient (Wildman–Crippen LogP) is 2.96. The van der Waals surface area contributed by atoms with Gasteiger partial charge in [-0.15, -0.1) is 0 Å². The van der Waals surface area contributed by atoms with Crippen molar-refractivity contribution in [1.82, 2.24) is 4.98 Å². The van der Waals surface area contributed by atoms with Crippen LogP contribution in [0.15, 0.2) is 31.7 Å². The number of aromatic amines is 1. The van der Waals surface area contributed by atoms with Crippen LogP contribution in [0.5, 0.6) is 0 Å². The van der Waals surface area contributed by atoms with Crippen molar-refractivity contribution in [3.05, 3.63) is 43.1 Å². The Hall–Kier alpha value is -0.830. The van der Waals surface area contributed by atoms with Gasteiger partial charge in [0.2, 0.25) is 0 Å².